The van der Waals surface area contributed by atoms with E-state index in [-0.39, 0.29) is 5.92 Å². The smallest absolute Gasteiger partial charge is 0.241 e. The Hall–Kier alpha value is -0.180. The molecule has 1 unspecified atom stereocenters. The van der Waals surface area contributed by atoms with Crippen LogP contribution in [-0.2, 0) is 0 Å². The molecule has 1 atom stereocenters. The predicted octanol–water partition coefficient (Wildman–Crippen LogP) is 2.81. The normalized spacial score (nSPS) is 40.5. The molecule has 2 saturated carbocycles. The molecule has 2 aliphatic rings. The molecule has 0 bridgehead atoms. The summed E-state index contributed by atoms with van der Waals surface area (Å²) >= 11 is 0. The van der Waals surface area contributed by atoms with E-state index in [0.29, 0.717) is 30.3 Å². The lowest BCUT2D eigenvalue weighted by molar-refractivity contribution is -0.00232. The molecular weight excluding hydrogens is 184 g/mol. The standard InChI is InChI=1S/C11H19F2N/c1-11(2)4-3-9(11)14-8-5-7(6-8)10(12)13/h7-10,14H,3-6H2,1-2H3. The Balaban J connectivity index is 1.70. The summed E-state index contributed by atoms with van der Waals surface area (Å²) < 4.78 is 24.4. The van der Waals surface area contributed by atoms with Gasteiger partial charge in [-0.15, -0.1) is 0 Å². The quantitative estimate of drug-likeness (QED) is 0.743. The molecule has 0 aromatic rings. The van der Waals surface area contributed by atoms with Gasteiger partial charge in [0, 0.05) is 18.0 Å². The lowest BCUT2D eigenvalue weighted by Gasteiger charge is -2.49. The summed E-state index contributed by atoms with van der Waals surface area (Å²) in [4.78, 5) is 0. The van der Waals surface area contributed by atoms with Gasteiger partial charge in [0.05, 0.1) is 0 Å². The zero-order valence-corrected chi connectivity index (χ0v) is 8.89. The Labute approximate surface area is 84.3 Å². The Morgan fingerprint density at radius 2 is 1.93 bits per heavy atom. The summed E-state index contributed by atoms with van der Waals surface area (Å²) in [7, 11) is 0. The third kappa shape index (κ3) is 1.79. The van der Waals surface area contributed by atoms with Crippen LogP contribution in [0.2, 0.25) is 0 Å². The highest BCUT2D eigenvalue weighted by molar-refractivity contribution is 4.98. The van der Waals surface area contributed by atoms with Crippen LogP contribution in [0.1, 0.15) is 39.5 Å². The van der Waals surface area contributed by atoms with E-state index in [1.807, 2.05) is 0 Å². The first-order chi connectivity index (χ1) is 6.49. The molecule has 0 aromatic heterocycles. The summed E-state index contributed by atoms with van der Waals surface area (Å²) in [6.45, 7) is 4.49. The van der Waals surface area contributed by atoms with E-state index in [2.05, 4.69) is 19.2 Å². The minimum absolute atomic E-state index is 0.337. The molecule has 14 heavy (non-hydrogen) atoms. The van der Waals surface area contributed by atoms with Crippen molar-refractivity contribution in [3.05, 3.63) is 0 Å². The SMILES string of the molecule is CC1(C)CCC1NC1CC(C(F)F)C1. The Bertz CT molecular complexity index is 209. The lowest BCUT2D eigenvalue weighted by atomic mass is 9.66. The van der Waals surface area contributed by atoms with Crippen molar-refractivity contribution >= 4 is 0 Å². The summed E-state index contributed by atoms with van der Waals surface area (Å²) in [5.41, 5.74) is 0.385. The zero-order chi connectivity index (χ0) is 10.3. The van der Waals surface area contributed by atoms with Crippen LogP contribution in [0.4, 0.5) is 8.78 Å². The number of rotatable bonds is 3. The van der Waals surface area contributed by atoms with E-state index in [1.165, 1.54) is 12.8 Å². The summed E-state index contributed by atoms with van der Waals surface area (Å²) in [6.07, 6.45) is 1.70. The van der Waals surface area contributed by atoms with Gasteiger partial charge in [-0.05, 0) is 31.1 Å². The third-order valence-electron chi connectivity index (χ3n) is 3.99. The maximum atomic E-state index is 12.2. The molecule has 2 fully saturated rings. The average molecular weight is 203 g/mol. The van der Waals surface area contributed by atoms with E-state index < -0.39 is 6.43 Å². The molecule has 0 aliphatic heterocycles. The molecule has 2 rings (SSSR count). The van der Waals surface area contributed by atoms with Crippen molar-refractivity contribution in [3.63, 3.8) is 0 Å². The van der Waals surface area contributed by atoms with Crippen LogP contribution in [0.25, 0.3) is 0 Å². The molecule has 1 N–H and O–H groups in total. The second kappa shape index (κ2) is 3.44. The fourth-order valence-corrected chi connectivity index (χ4v) is 2.46. The van der Waals surface area contributed by atoms with Crippen LogP contribution in [0.5, 0.6) is 0 Å². The van der Waals surface area contributed by atoms with Gasteiger partial charge in [0.2, 0.25) is 6.43 Å². The first-order valence-corrected chi connectivity index (χ1v) is 5.53. The number of hydrogen-bond acceptors (Lipinski definition) is 1. The van der Waals surface area contributed by atoms with E-state index in [9.17, 15) is 8.78 Å². The van der Waals surface area contributed by atoms with Gasteiger partial charge in [0.25, 0.3) is 0 Å². The monoisotopic (exact) mass is 203 g/mol. The van der Waals surface area contributed by atoms with Gasteiger partial charge in [-0.25, -0.2) is 8.78 Å². The molecule has 1 nitrogen and oxygen atoms in total. The molecule has 0 heterocycles. The van der Waals surface area contributed by atoms with Gasteiger partial charge < -0.3 is 5.32 Å². The molecule has 2 aliphatic carbocycles. The molecule has 0 radical (unpaired) electrons. The summed E-state index contributed by atoms with van der Waals surface area (Å²) in [5.74, 6) is -0.337. The van der Waals surface area contributed by atoms with Gasteiger partial charge >= 0.3 is 0 Å². The van der Waals surface area contributed by atoms with Gasteiger partial charge in [-0.2, -0.15) is 0 Å². The molecular formula is C11H19F2N. The van der Waals surface area contributed by atoms with Gasteiger partial charge in [-0.1, -0.05) is 13.8 Å². The van der Waals surface area contributed by atoms with Gasteiger partial charge in [0.1, 0.15) is 0 Å². The third-order valence-corrected chi connectivity index (χ3v) is 3.99. The molecule has 0 spiro atoms. The first-order valence-electron chi connectivity index (χ1n) is 5.53. The Morgan fingerprint density at radius 3 is 2.29 bits per heavy atom. The second-order valence-electron chi connectivity index (χ2n) is 5.51. The van der Waals surface area contributed by atoms with Crippen molar-refractivity contribution in [2.45, 2.75) is 58.0 Å². The zero-order valence-electron chi connectivity index (χ0n) is 8.89. The second-order valence-corrected chi connectivity index (χ2v) is 5.51. The van der Waals surface area contributed by atoms with Crippen LogP contribution >= 0.6 is 0 Å². The number of nitrogens with one attached hydrogen (secondary N) is 1. The van der Waals surface area contributed by atoms with Crippen molar-refractivity contribution < 1.29 is 8.78 Å². The minimum Gasteiger partial charge on any atom is -0.311 e. The first kappa shape index (κ1) is 10.3. The number of hydrogen-bond donors (Lipinski definition) is 1. The van der Waals surface area contributed by atoms with Crippen LogP contribution in [0.15, 0.2) is 0 Å². The topological polar surface area (TPSA) is 12.0 Å². The summed E-state index contributed by atoms with van der Waals surface area (Å²) in [5, 5.41) is 3.49. The van der Waals surface area contributed by atoms with Crippen LogP contribution in [-0.4, -0.2) is 18.5 Å². The highest BCUT2D eigenvalue weighted by Crippen LogP contribution is 2.42. The maximum absolute atomic E-state index is 12.2. The molecule has 0 saturated heterocycles. The lowest BCUT2D eigenvalue weighted by Crippen LogP contribution is -2.57. The van der Waals surface area contributed by atoms with Crippen molar-refractivity contribution in [2.24, 2.45) is 11.3 Å². The summed E-state index contributed by atoms with van der Waals surface area (Å²) in [6, 6.07) is 0.921. The highest BCUT2D eigenvalue weighted by Gasteiger charge is 2.43. The number of halogens is 2. The fourth-order valence-electron chi connectivity index (χ4n) is 2.46. The van der Waals surface area contributed by atoms with Crippen molar-refractivity contribution in [3.8, 4) is 0 Å². The van der Waals surface area contributed by atoms with Crippen LogP contribution in [0, 0.1) is 11.3 Å². The van der Waals surface area contributed by atoms with E-state index in [0.717, 1.165) is 0 Å². The van der Waals surface area contributed by atoms with Gasteiger partial charge in [-0.3, -0.25) is 0 Å². The predicted molar refractivity (Wildman–Crippen MR) is 52.5 cm³/mol. The molecule has 3 heteroatoms. The number of alkyl halides is 2. The Kier molecular flexibility index (Phi) is 2.54. The highest BCUT2D eigenvalue weighted by atomic mass is 19.3. The largest absolute Gasteiger partial charge is 0.311 e. The van der Waals surface area contributed by atoms with Crippen molar-refractivity contribution in [1.29, 1.82) is 0 Å². The van der Waals surface area contributed by atoms with Crippen LogP contribution in [0.3, 0.4) is 0 Å². The van der Waals surface area contributed by atoms with E-state index >= 15 is 0 Å². The Morgan fingerprint density at radius 1 is 1.29 bits per heavy atom. The maximum Gasteiger partial charge on any atom is 0.241 e. The molecule has 0 amide bonds. The van der Waals surface area contributed by atoms with Crippen molar-refractivity contribution in [2.75, 3.05) is 0 Å². The fraction of sp³-hybridized carbons (Fsp3) is 1.00. The van der Waals surface area contributed by atoms with Crippen molar-refractivity contribution in [1.82, 2.24) is 5.32 Å². The molecule has 82 valence electrons. The minimum atomic E-state index is -2.11. The van der Waals surface area contributed by atoms with Gasteiger partial charge in [0.15, 0.2) is 0 Å². The average Bonchev–Trinajstić information content (AvgIpc) is 1.99. The molecule has 0 aromatic carbocycles. The van der Waals surface area contributed by atoms with Crippen LogP contribution < -0.4 is 5.32 Å². The van der Waals surface area contributed by atoms with E-state index in [4.69, 9.17) is 0 Å². The van der Waals surface area contributed by atoms with E-state index in [1.54, 1.807) is 0 Å².